The van der Waals surface area contributed by atoms with Crippen LogP contribution in [-0.4, -0.2) is 84.8 Å². The molecule has 3 rings (SSSR count). The molecule has 0 aromatic carbocycles. The highest BCUT2D eigenvalue weighted by molar-refractivity contribution is 7.87. The SMILES string of the molecule is CCN(C)S(=O)(=O)NC(=O)[C@@]12C[C@H]1C=C=CCCCCC[C@H](NC(=O)OC(C)(C)C)C(=O)N1CCC[C@H]1C(=O)N2. The van der Waals surface area contributed by atoms with E-state index in [2.05, 4.69) is 21.1 Å². The van der Waals surface area contributed by atoms with E-state index in [1.54, 1.807) is 33.8 Å². The summed E-state index contributed by atoms with van der Waals surface area (Å²) in [5.74, 6) is -2.20. The van der Waals surface area contributed by atoms with E-state index in [1.165, 1.54) is 11.9 Å². The first-order chi connectivity index (χ1) is 18.7. The van der Waals surface area contributed by atoms with E-state index in [0.29, 0.717) is 32.2 Å². The topological polar surface area (TPSA) is 154 Å². The van der Waals surface area contributed by atoms with Crippen molar-refractivity contribution in [3.05, 3.63) is 17.9 Å². The standard InChI is InChI=1S/C27H43N5O7S/c1-6-31(5)40(37,38)30-24(35)27-18-19(27)14-11-9-7-8-10-12-15-20(28-25(36)39-26(2,3)4)23(34)32-17-13-16-21(32)22(33)29-27/h9,14,19-21H,6-8,10,12-13,15-18H2,1-5H3,(H,28,36)(H,29,33)(H,30,35)/t11?,19-,20+,21+,27-/m1/s1. The van der Waals surface area contributed by atoms with Crippen molar-refractivity contribution in [3.63, 3.8) is 0 Å². The number of rotatable bonds is 5. The van der Waals surface area contributed by atoms with Crippen LogP contribution in [0.25, 0.3) is 0 Å². The van der Waals surface area contributed by atoms with Crippen LogP contribution in [0.2, 0.25) is 0 Å². The first-order valence-electron chi connectivity index (χ1n) is 14.0. The molecule has 13 heteroatoms. The van der Waals surface area contributed by atoms with Crippen LogP contribution in [0.5, 0.6) is 0 Å². The molecule has 1 aliphatic carbocycles. The summed E-state index contributed by atoms with van der Waals surface area (Å²) in [5, 5.41) is 5.48. The van der Waals surface area contributed by atoms with Gasteiger partial charge in [0.2, 0.25) is 11.8 Å². The second kappa shape index (κ2) is 12.7. The molecule has 12 nitrogen and oxygen atoms in total. The number of alkyl carbamates (subject to hydrolysis) is 1. The molecule has 2 heterocycles. The monoisotopic (exact) mass is 581 g/mol. The van der Waals surface area contributed by atoms with Crippen LogP contribution >= 0.6 is 0 Å². The highest BCUT2D eigenvalue weighted by Crippen LogP contribution is 2.45. The zero-order chi connectivity index (χ0) is 29.7. The summed E-state index contributed by atoms with van der Waals surface area (Å²) in [6.45, 7) is 7.33. The first kappa shape index (κ1) is 31.6. The number of carbonyl (C=O) groups excluding carboxylic acids is 4. The number of amides is 4. The molecule has 2 fully saturated rings. The van der Waals surface area contributed by atoms with Gasteiger partial charge in [-0.1, -0.05) is 19.8 Å². The summed E-state index contributed by atoms with van der Waals surface area (Å²) < 4.78 is 33.6. The van der Waals surface area contributed by atoms with Crippen LogP contribution in [0, 0.1) is 5.92 Å². The van der Waals surface area contributed by atoms with Crippen LogP contribution in [0.3, 0.4) is 0 Å². The van der Waals surface area contributed by atoms with Crippen molar-refractivity contribution in [2.45, 2.75) is 102 Å². The van der Waals surface area contributed by atoms with Crippen LogP contribution < -0.4 is 15.4 Å². The summed E-state index contributed by atoms with van der Waals surface area (Å²) in [6.07, 6.45) is 7.46. The second-order valence-corrected chi connectivity index (χ2v) is 13.5. The number of ether oxygens (including phenoxy) is 1. The molecular weight excluding hydrogens is 538 g/mol. The van der Waals surface area contributed by atoms with Gasteiger partial charge in [0.1, 0.15) is 23.2 Å². The number of hydrogen-bond donors (Lipinski definition) is 3. The molecule has 1 saturated heterocycles. The van der Waals surface area contributed by atoms with Crippen molar-refractivity contribution in [1.29, 1.82) is 0 Å². The van der Waals surface area contributed by atoms with E-state index < -0.39 is 57.3 Å². The molecule has 224 valence electrons. The summed E-state index contributed by atoms with van der Waals surface area (Å²) in [4.78, 5) is 54.5. The fraction of sp³-hybridized carbons (Fsp3) is 0.741. The van der Waals surface area contributed by atoms with Crippen molar-refractivity contribution >= 4 is 34.0 Å². The molecular formula is C27H43N5O7S. The third kappa shape index (κ3) is 7.86. The Balaban J connectivity index is 1.87. The molecule has 0 radical (unpaired) electrons. The molecule has 0 bridgehead atoms. The number of fused-ring (bicyclic) bond motifs is 2. The maximum atomic E-state index is 13.7. The summed E-state index contributed by atoms with van der Waals surface area (Å²) in [5.41, 5.74) is 0.871. The first-order valence-corrected chi connectivity index (χ1v) is 15.5. The Morgan fingerprint density at radius 1 is 1.20 bits per heavy atom. The number of carbonyl (C=O) groups is 4. The molecule has 0 aromatic rings. The van der Waals surface area contributed by atoms with Gasteiger partial charge in [0.15, 0.2) is 0 Å². The average Bonchev–Trinajstić information content (AvgIpc) is 3.32. The lowest BCUT2D eigenvalue weighted by Crippen LogP contribution is -2.59. The Morgan fingerprint density at radius 3 is 2.60 bits per heavy atom. The lowest BCUT2D eigenvalue weighted by molar-refractivity contribution is -0.141. The minimum atomic E-state index is -4.09. The van der Waals surface area contributed by atoms with Gasteiger partial charge in [-0.2, -0.15) is 12.7 Å². The van der Waals surface area contributed by atoms with Crippen LogP contribution in [0.1, 0.15) is 79.1 Å². The zero-order valence-corrected chi connectivity index (χ0v) is 24.9. The van der Waals surface area contributed by atoms with Gasteiger partial charge < -0.3 is 20.3 Å². The van der Waals surface area contributed by atoms with Gasteiger partial charge in [0.25, 0.3) is 5.91 Å². The molecule has 3 N–H and O–H groups in total. The Hall–Kier alpha value is -2.89. The zero-order valence-electron chi connectivity index (χ0n) is 24.1. The van der Waals surface area contributed by atoms with Gasteiger partial charge >= 0.3 is 16.3 Å². The van der Waals surface area contributed by atoms with Crippen molar-refractivity contribution in [2.24, 2.45) is 5.92 Å². The van der Waals surface area contributed by atoms with E-state index in [0.717, 1.165) is 23.6 Å². The summed E-state index contributed by atoms with van der Waals surface area (Å²) >= 11 is 0. The van der Waals surface area contributed by atoms with E-state index in [-0.39, 0.29) is 18.9 Å². The number of hydrogen-bond acceptors (Lipinski definition) is 7. The maximum Gasteiger partial charge on any atom is 0.408 e. The van der Waals surface area contributed by atoms with Crippen molar-refractivity contribution in [2.75, 3.05) is 20.1 Å². The maximum absolute atomic E-state index is 13.7. The lowest BCUT2D eigenvalue weighted by Gasteiger charge is -2.30. The largest absolute Gasteiger partial charge is 0.444 e. The lowest BCUT2D eigenvalue weighted by atomic mass is 10.0. The Morgan fingerprint density at radius 2 is 1.93 bits per heavy atom. The molecule has 40 heavy (non-hydrogen) atoms. The van der Waals surface area contributed by atoms with Gasteiger partial charge in [-0.25, -0.2) is 9.52 Å². The van der Waals surface area contributed by atoms with Gasteiger partial charge in [-0.05, 0) is 71.4 Å². The van der Waals surface area contributed by atoms with Crippen molar-refractivity contribution in [1.82, 2.24) is 24.6 Å². The number of nitrogens with zero attached hydrogens (tertiary/aromatic N) is 2. The van der Waals surface area contributed by atoms with E-state index >= 15 is 0 Å². The Bertz CT molecular complexity index is 1160. The second-order valence-electron chi connectivity index (χ2n) is 11.7. The molecule has 0 spiro atoms. The number of nitrogens with one attached hydrogen (secondary N) is 3. The Labute approximate surface area is 237 Å². The minimum Gasteiger partial charge on any atom is -0.444 e. The van der Waals surface area contributed by atoms with Crippen LogP contribution in [0.4, 0.5) is 4.79 Å². The molecule has 0 aromatic heterocycles. The fourth-order valence-electron chi connectivity index (χ4n) is 4.96. The summed E-state index contributed by atoms with van der Waals surface area (Å²) in [6, 6.07) is -1.73. The van der Waals surface area contributed by atoms with Crippen molar-refractivity contribution < 1.29 is 32.3 Å². The van der Waals surface area contributed by atoms with Gasteiger partial charge in [0.05, 0.1) is 0 Å². The molecule has 4 amide bonds. The highest BCUT2D eigenvalue weighted by Gasteiger charge is 2.61. The van der Waals surface area contributed by atoms with Gasteiger partial charge in [-0.3, -0.25) is 14.4 Å². The third-order valence-corrected chi connectivity index (χ3v) is 8.95. The van der Waals surface area contributed by atoms with E-state index in [4.69, 9.17) is 4.74 Å². The third-order valence-electron chi connectivity index (χ3n) is 7.43. The minimum absolute atomic E-state index is 0.158. The van der Waals surface area contributed by atoms with E-state index in [9.17, 15) is 27.6 Å². The van der Waals surface area contributed by atoms with Gasteiger partial charge in [0, 0.05) is 26.1 Å². The fourth-order valence-corrected chi connectivity index (χ4v) is 5.87. The average molecular weight is 582 g/mol. The quantitative estimate of drug-likeness (QED) is 0.418. The molecule has 0 unspecified atom stereocenters. The predicted octanol–water partition coefficient (Wildman–Crippen LogP) is 1.73. The highest BCUT2D eigenvalue weighted by atomic mass is 32.2. The normalized spacial score (nSPS) is 27.9. The van der Waals surface area contributed by atoms with Crippen molar-refractivity contribution in [3.8, 4) is 0 Å². The van der Waals surface area contributed by atoms with Crippen LogP contribution in [-0.2, 0) is 29.3 Å². The molecule has 1 saturated carbocycles. The molecule has 4 atom stereocenters. The predicted molar refractivity (Wildman–Crippen MR) is 148 cm³/mol. The summed E-state index contributed by atoms with van der Waals surface area (Å²) in [7, 11) is -2.74. The van der Waals surface area contributed by atoms with E-state index in [1.807, 2.05) is 6.08 Å². The Kier molecular flexibility index (Phi) is 10.1. The van der Waals surface area contributed by atoms with Gasteiger partial charge in [-0.15, -0.1) is 5.73 Å². The van der Waals surface area contributed by atoms with Crippen LogP contribution in [0.15, 0.2) is 17.9 Å². The molecule has 2 aliphatic heterocycles. The smallest absolute Gasteiger partial charge is 0.408 e. The molecule has 3 aliphatic rings.